The average Bonchev–Trinajstić information content (AvgIpc) is 2.56. The van der Waals surface area contributed by atoms with Gasteiger partial charge in [0.15, 0.2) is 29.6 Å². The zero-order chi connectivity index (χ0) is 16.8. The van der Waals surface area contributed by atoms with Gasteiger partial charge in [0.2, 0.25) is 0 Å². The number of aromatic hydroxyl groups is 2. The third kappa shape index (κ3) is 4.13. The van der Waals surface area contributed by atoms with E-state index in [9.17, 15) is 19.8 Å². The Morgan fingerprint density at radius 3 is 2.57 bits per heavy atom. The molecule has 2 rings (SSSR count). The second-order valence-corrected chi connectivity index (χ2v) is 4.57. The van der Waals surface area contributed by atoms with Gasteiger partial charge in [-0.05, 0) is 30.3 Å². The molecule has 0 aliphatic carbocycles. The van der Waals surface area contributed by atoms with Crippen LogP contribution in [0.5, 0.6) is 23.0 Å². The number of benzene rings is 2. The number of carbonyl (C=O) groups is 2. The Balaban J connectivity index is 1.98. The summed E-state index contributed by atoms with van der Waals surface area (Å²) in [5, 5.41) is 21.1. The fourth-order valence-electron chi connectivity index (χ4n) is 1.82. The molecular formula is C16H15NO6. The molecule has 0 aromatic heterocycles. The van der Waals surface area contributed by atoms with Gasteiger partial charge in [0.25, 0.3) is 5.91 Å². The first-order valence-corrected chi connectivity index (χ1v) is 6.61. The Hall–Kier alpha value is -3.22. The van der Waals surface area contributed by atoms with Crippen molar-refractivity contribution in [1.29, 1.82) is 0 Å². The molecule has 0 saturated heterocycles. The summed E-state index contributed by atoms with van der Waals surface area (Å²) in [6, 6.07) is 8.48. The van der Waals surface area contributed by atoms with Crippen LogP contribution in [0.3, 0.4) is 0 Å². The lowest BCUT2D eigenvalue weighted by molar-refractivity contribution is -0.118. The predicted molar refractivity (Wildman–Crippen MR) is 82.3 cm³/mol. The van der Waals surface area contributed by atoms with Crippen molar-refractivity contribution in [2.75, 3.05) is 19.0 Å². The van der Waals surface area contributed by atoms with E-state index in [4.69, 9.17) is 9.47 Å². The highest BCUT2D eigenvalue weighted by Crippen LogP contribution is 2.28. The molecule has 1 amide bonds. The minimum atomic E-state index is -0.461. The molecule has 0 radical (unpaired) electrons. The van der Waals surface area contributed by atoms with Crippen LogP contribution in [0.2, 0.25) is 0 Å². The van der Waals surface area contributed by atoms with Crippen molar-refractivity contribution in [1.82, 2.24) is 0 Å². The van der Waals surface area contributed by atoms with Gasteiger partial charge in [-0.3, -0.25) is 9.59 Å². The number of aldehydes is 1. The molecule has 2 aromatic rings. The van der Waals surface area contributed by atoms with Crippen molar-refractivity contribution in [2.45, 2.75) is 0 Å². The van der Waals surface area contributed by atoms with Gasteiger partial charge in [0.05, 0.1) is 7.11 Å². The lowest BCUT2D eigenvalue weighted by Crippen LogP contribution is -2.20. The summed E-state index contributed by atoms with van der Waals surface area (Å²) < 4.78 is 10.4. The zero-order valence-corrected chi connectivity index (χ0v) is 12.3. The molecule has 0 bridgehead atoms. The number of phenols is 2. The summed E-state index contributed by atoms with van der Waals surface area (Å²) >= 11 is 0. The van der Waals surface area contributed by atoms with Crippen LogP contribution >= 0.6 is 0 Å². The first kappa shape index (κ1) is 16.2. The summed E-state index contributed by atoms with van der Waals surface area (Å²) in [4.78, 5) is 22.5. The van der Waals surface area contributed by atoms with Crippen molar-refractivity contribution in [2.24, 2.45) is 0 Å². The highest BCUT2D eigenvalue weighted by Gasteiger charge is 2.10. The first-order chi connectivity index (χ1) is 11.0. The van der Waals surface area contributed by atoms with Crippen molar-refractivity contribution in [3.8, 4) is 23.0 Å². The molecule has 3 N–H and O–H groups in total. The van der Waals surface area contributed by atoms with Crippen molar-refractivity contribution in [3.63, 3.8) is 0 Å². The third-order valence-electron chi connectivity index (χ3n) is 2.94. The number of anilines is 1. The van der Waals surface area contributed by atoms with E-state index in [0.29, 0.717) is 29.0 Å². The Bertz CT molecular complexity index is 729. The number of phenolic OH excluding ortho intramolecular Hbond substituents is 2. The number of methoxy groups -OCH3 is 1. The normalized spacial score (nSPS) is 9.96. The molecule has 0 fully saturated rings. The fourth-order valence-corrected chi connectivity index (χ4v) is 1.82. The van der Waals surface area contributed by atoms with Gasteiger partial charge in [-0.15, -0.1) is 0 Å². The summed E-state index contributed by atoms with van der Waals surface area (Å²) in [6.07, 6.45) is 0.677. The van der Waals surface area contributed by atoms with Crippen LogP contribution in [0.1, 0.15) is 10.4 Å². The molecule has 7 nitrogen and oxygen atoms in total. The number of hydrogen-bond donors (Lipinski definition) is 3. The maximum absolute atomic E-state index is 11.8. The first-order valence-electron chi connectivity index (χ1n) is 6.61. The van der Waals surface area contributed by atoms with Gasteiger partial charge in [0.1, 0.15) is 6.29 Å². The molecule has 0 aliphatic rings. The highest BCUT2D eigenvalue weighted by atomic mass is 16.5. The molecular weight excluding hydrogens is 302 g/mol. The average molecular weight is 317 g/mol. The minimum Gasteiger partial charge on any atom is -0.504 e. The fraction of sp³-hybridized carbons (Fsp3) is 0.125. The van der Waals surface area contributed by atoms with E-state index in [1.54, 1.807) is 6.07 Å². The molecule has 0 aliphatic heterocycles. The van der Waals surface area contributed by atoms with Crippen molar-refractivity contribution >= 4 is 17.9 Å². The van der Waals surface area contributed by atoms with E-state index in [0.717, 1.165) is 0 Å². The number of carbonyl (C=O) groups excluding carboxylic acids is 2. The number of amides is 1. The zero-order valence-electron chi connectivity index (χ0n) is 12.3. The van der Waals surface area contributed by atoms with Crippen molar-refractivity contribution < 1.29 is 29.3 Å². The van der Waals surface area contributed by atoms with E-state index < -0.39 is 5.91 Å². The predicted octanol–water partition coefficient (Wildman–Crippen LogP) is 1.94. The standard InChI is InChI=1S/C16H15NO6/c1-22-15-6-10(8-18)2-5-14(15)23-9-16(21)17-11-3-4-12(19)13(20)7-11/h2-8,19-20H,9H2,1H3,(H,17,21). The van der Waals surface area contributed by atoms with E-state index in [2.05, 4.69) is 5.32 Å². The molecule has 7 heteroatoms. The number of ether oxygens (including phenoxy) is 2. The molecule has 0 heterocycles. The Kier molecular flexibility index (Phi) is 5.03. The van der Waals surface area contributed by atoms with E-state index in [1.165, 1.54) is 37.4 Å². The number of nitrogens with one attached hydrogen (secondary N) is 1. The smallest absolute Gasteiger partial charge is 0.262 e. The van der Waals surface area contributed by atoms with E-state index >= 15 is 0 Å². The topological polar surface area (TPSA) is 105 Å². The van der Waals surface area contributed by atoms with Crippen LogP contribution in [0, 0.1) is 0 Å². The SMILES string of the molecule is COc1cc(C=O)ccc1OCC(=O)Nc1ccc(O)c(O)c1. The van der Waals surface area contributed by atoms with Crippen LogP contribution < -0.4 is 14.8 Å². The highest BCUT2D eigenvalue weighted by molar-refractivity contribution is 5.92. The van der Waals surface area contributed by atoms with Gasteiger partial charge in [0, 0.05) is 17.3 Å². The van der Waals surface area contributed by atoms with Gasteiger partial charge in [-0.1, -0.05) is 0 Å². The number of hydrogen-bond acceptors (Lipinski definition) is 6. The minimum absolute atomic E-state index is 0.278. The Morgan fingerprint density at radius 1 is 1.13 bits per heavy atom. The molecule has 0 saturated carbocycles. The molecule has 2 aromatic carbocycles. The van der Waals surface area contributed by atoms with Gasteiger partial charge < -0.3 is 25.0 Å². The maximum Gasteiger partial charge on any atom is 0.262 e. The Morgan fingerprint density at radius 2 is 1.91 bits per heavy atom. The lowest BCUT2D eigenvalue weighted by atomic mass is 10.2. The maximum atomic E-state index is 11.8. The van der Waals surface area contributed by atoms with Crippen molar-refractivity contribution in [3.05, 3.63) is 42.0 Å². The van der Waals surface area contributed by atoms with Crippen LogP contribution in [0.25, 0.3) is 0 Å². The lowest BCUT2D eigenvalue weighted by Gasteiger charge is -2.11. The summed E-state index contributed by atoms with van der Waals surface area (Å²) in [5.41, 5.74) is 0.746. The monoisotopic (exact) mass is 317 g/mol. The number of rotatable bonds is 6. The van der Waals surface area contributed by atoms with Gasteiger partial charge >= 0.3 is 0 Å². The largest absolute Gasteiger partial charge is 0.504 e. The van der Waals surface area contributed by atoms with Gasteiger partial charge in [-0.2, -0.15) is 0 Å². The second kappa shape index (κ2) is 7.17. The van der Waals surface area contributed by atoms with Crippen LogP contribution in [0.15, 0.2) is 36.4 Å². The third-order valence-corrected chi connectivity index (χ3v) is 2.94. The summed E-state index contributed by atoms with van der Waals surface area (Å²) in [5.74, 6) is -0.419. The van der Waals surface area contributed by atoms with Crippen LogP contribution in [-0.4, -0.2) is 36.1 Å². The van der Waals surface area contributed by atoms with Crippen LogP contribution in [0.4, 0.5) is 5.69 Å². The molecule has 0 spiro atoms. The molecule has 0 atom stereocenters. The molecule has 120 valence electrons. The Labute approximate surface area is 132 Å². The van der Waals surface area contributed by atoms with Gasteiger partial charge in [-0.25, -0.2) is 0 Å². The molecule has 23 heavy (non-hydrogen) atoms. The van der Waals surface area contributed by atoms with Crippen LogP contribution in [-0.2, 0) is 4.79 Å². The molecule has 0 unspecified atom stereocenters. The van der Waals surface area contributed by atoms with E-state index in [1.807, 2.05) is 0 Å². The second-order valence-electron chi connectivity index (χ2n) is 4.57. The summed E-state index contributed by atoms with van der Waals surface area (Å²) in [7, 11) is 1.43. The summed E-state index contributed by atoms with van der Waals surface area (Å²) in [6.45, 7) is -0.293. The van der Waals surface area contributed by atoms with E-state index in [-0.39, 0.29) is 18.1 Å². The quantitative estimate of drug-likeness (QED) is 0.427.